The number of aromatic nitrogens is 3. The van der Waals surface area contributed by atoms with Crippen LogP contribution in [0.3, 0.4) is 0 Å². The number of benzene rings is 4. The zero-order valence-electron chi connectivity index (χ0n) is 27.1. The zero-order valence-corrected chi connectivity index (χ0v) is 29.5. The minimum Gasteiger partial charge on any atom is -0.503 e. The van der Waals surface area contributed by atoms with Crippen LogP contribution in [0, 0.1) is 6.92 Å². The number of fused-ring (bicyclic) bond motifs is 1. The molecule has 50 heavy (non-hydrogen) atoms. The van der Waals surface area contributed by atoms with Gasteiger partial charge in [0.1, 0.15) is 10.8 Å². The second-order valence-electron chi connectivity index (χ2n) is 11.0. The molecule has 2 N–H and O–H groups in total. The van der Waals surface area contributed by atoms with Gasteiger partial charge in [0, 0.05) is 18.2 Å². The molecule has 0 saturated heterocycles. The van der Waals surface area contributed by atoms with Gasteiger partial charge in [-0.15, -0.1) is 21.5 Å². The van der Waals surface area contributed by atoms with Crippen LogP contribution in [0.25, 0.3) is 21.3 Å². The maximum Gasteiger partial charge on any atom is 0.300 e. The smallest absolute Gasteiger partial charge is 0.300 e. The normalized spacial score (nSPS) is 14.1. The number of amides is 1. The first-order valence-corrected chi connectivity index (χ1v) is 17.9. The molecule has 13 heteroatoms. The Balaban J connectivity index is 0.00000103. The molecule has 0 aliphatic carbocycles. The van der Waals surface area contributed by atoms with Gasteiger partial charge in [0.15, 0.2) is 10.1 Å². The monoisotopic (exact) mass is 722 g/mol. The van der Waals surface area contributed by atoms with Gasteiger partial charge in [-0.2, -0.15) is 0 Å². The highest BCUT2D eigenvalue weighted by molar-refractivity contribution is 8.00. The van der Waals surface area contributed by atoms with Crippen molar-refractivity contribution in [1.29, 1.82) is 0 Å². The fraction of sp³-hybridized carbons (Fsp3) is 0.135. The minimum atomic E-state index is -0.958. The molecule has 4 aromatic carbocycles. The van der Waals surface area contributed by atoms with Crippen molar-refractivity contribution in [3.05, 3.63) is 130 Å². The highest BCUT2D eigenvalue weighted by Gasteiger charge is 2.47. The number of carbonyl (C=O) groups is 3. The Hall–Kier alpha value is -5.37. The van der Waals surface area contributed by atoms with E-state index in [0.717, 1.165) is 23.4 Å². The van der Waals surface area contributed by atoms with Crippen LogP contribution >= 0.6 is 34.4 Å². The molecular weight excluding hydrogens is 693 g/mol. The van der Waals surface area contributed by atoms with Crippen molar-refractivity contribution < 1.29 is 29.3 Å². The molecule has 0 spiro atoms. The molecule has 6 aromatic rings. The van der Waals surface area contributed by atoms with Crippen molar-refractivity contribution >= 4 is 68.0 Å². The molecule has 0 saturated carbocycles. The van der Waals surface area contributed by atoms with Gasteiger partial charge in [-0.3, -0.25) is 19.3 Å². The number of Topliss-reactive ketones (excluding diaryl/α,β-unsaturated/α-hetero) is 1. The summed E-state index contributed by atoms with van der Waals surface area (Å²) < 4.78 is 6.12. The number of carboxylic acid groups (broad SMARTS) is 1. The zero-order chi connectivity index (χ0) is 35.4. The number of nitrogens with zero attached hydrogens (tertiary/aromatic N) is 4. The largest absolute Gasteiger partial charge is 0.503 e. The Kier molecular flexibility index (Phi) is 10.4. The predicted octanol–water partition coefficient (Wildman–Crippen LogP) is 8.30. The maximum atomic E-state index is 14.3. The summed E-state index contributed by atoms with van der Waals surface area (Å²) >= 11 is 3.99. The van der Waals surface area contributed by atoms with Gasteiger partial charge in [0.2, 0.25) is 10.9 Å². The average molecular weight is 723 g/mol. The Morgan fingerprint density at radius 3 is 2.40 bits per heavy atom. The van der Waals surface area contributed by atoms with E-state index in [4.69, 9.17) is 14.6 Å². The number of ketones is 1. The van der Waals surface area contributed by atoms with Crippen molar-refractivity contribution in [1.82, 2.24) is 15.2 Å². The van der Waals surface area contributed by atoms with Gasteiger partial charge >= 0.3 is 0 Å². The molecule has 1 unspecified atom stereocenters. The molecule has 1 amide bonds. The summed E-state index contributed by atoms with van der Waals surface area (Å²) in [4.78, 5) is 43.4. The van der Waals surface area contributed by atoms with E-state index in [1.165, 1.54) is 44.7 Å². The molecule has 252 valence electrons. The van der Waals surface area contributed by atoms with Gasteiger partial charge in [-0.05, 0) is 41.0 Å². The molecule has 1 aliphatic heterocycles. The van der Waals surface area contributed by atoms with E-state index in [1.54, 1.807) is 38.3 Å². The lowest BCUT2D eigenvalue weighted by Crippen LogP contribution is -2.31. The molecule has 1 aliphatic rings. The lowest BCUT2D eigenvalue weighted by atomic mass is 9.95. The summed E-state index contributed by atoms with van der Waals surface area (Å²) in [5.41, 5.74) is 3.11. The fourth-order valence-corrected chi connectivity index (χ4v) is 8.41. The second-order valence-corrected chi connectivity index (χ2v) is 14.2. The molecule has 0 fully saturated rings. The molecule has 1 atom stereocenters. The average Bonchev–Trinajstić information content (AvgIpc) is 3.83. The van der Waals surface area contributed by atoms with E-state index in [9.17, 15) is 14.7 Å². The second kappa shape index (κ2) is 15.0. The molecule has 0 radical (unpaired) electrons. The van der Waals surface area contributed by atoms with Crippen LogP contribution in [-0.4, -0.2) is 50.2 Å². The highest BCUT2D eigenvalue weighted by atomic mass is 32.2. The van der Waals surface area contributed by atoms with Crippen LogP contribution in [0.15, 0.2) is 113 Å². The lowest BCUT2D eigenvalue weighted by Gasteiger charge is -2.24. The Labute approximate surface area is 299 Å². The van der Waals surface area contributed by atoms with Crippen molar-refractivity contribution in [2.24, 2.45) is 0 Å². The van der Waals surface area contributed by atoms with Crippen LogP contribution in [0.5, 0.6) is 5.75 Å². The van der Waals surface area contributed by atoms with Gasteiger partial charge < -0.3 is 14.9 Å². The molecule has 7 rings (SSSR count). The van der Waals surface area contributed by atoms with Crippen molar-refractivity contribution in [2.75, 3.05) is 12.0 Å². The number of aliphatic hydroxyl groups is 1. The van der Waals surface area contributed by atoms with Crippen LogP contribution < -0.4 is 9.64 Å². The number of aryl methyl sites for hydroxylation is 1. The van der Waals surface area contributed by atoms with Crippen LogP contribution in [-0.2, 0) is 15.3 Å². The number of carbonyl (C=O) groups excluding carboxylic acids is 2. The molecule has 3 heterocycles. The summed E-state index contributed by atoms with van der Waals surface area (Å²) in [6.45, 7) is 2.84. The van der Waals surface area contributed by atoms with Gasteiger partial charge in [0.05, 0.1) is 29.3 Å². The van der Waals surface area contributed by atoms with Gasteiger partial charge in [-0.1, -0.05) is 108 Å². The number of hydrogen-bond donors (Lipinski definition) is 2. The number of thioether (sulfide) groups is 1. The number of carboxylic acids is 1. The van der Waals surface area contributed by atoms with E-state index >= 15 is 0 Å². The van der Waals surface area contributed by atoms with Crippen LogP contribution in [0.2, 0.25) is 0 Å². The summed E-state index contributed by atoms with van der Waals surface area (Å²) in [6.07, 6.45) is 0. The van der Waals surface area contributed by atoms with E-state index in [1.807, 2.05) is 48.5 Å². The lowest BCUT2D eigenvalue weighted by molar-refractivity contribution is -0.134. The summed E-state index contributed by atoms with van der Waals surface area (Å²) in [5, 5.41) is 30.8. The highest BCUT2D eigenvalue weighted by Crippen LogP contribution is 2.45. The first kappa shape index (κ1) is 34.5. The van der Waals surface area contributed by atoms with Gasteiger partial charge in [-0.25, -0.2) is 4.98 Å². The molecule has 10 nitrogen and oxygen atoms in total. The third kappa shape index (κ3) is 7.15. The van der Waals surface area contributed by atoms with Crippen molar-refractivity contribution in [2.45, 2.75) is 30.0 Å². The molecule has 0 bridgehead atoms. The van der Waals surface area contributed by atoms with Gasteiger partial charge in [0.25, 0.3) is 11.9 Å². The number of aliphatic hydroxyl groups excluding tert-OH is 1. The number of methoxy groups -OCH3 is 1. The number of anilines is 1. The Bertz CT molecular complexity index is 2240. The Morgan fingerprint density at radius 2 is 1.64 bits per heavy atom. The third-order valence-corrected chi connectivity index (χ3v) is 11.0. The van der Waals surface area contributed by atoms with Crippen molar-refractivity contribution in [3.8, 4) is 16.3 Å². The summed E-state index contributed by atoms with van der Waals surface area (Å²) in [6, 6.07) is 30.2. The first-order valence-electron chi connectivity index (χ1n) is 15.3. The summed E-state index contributed by atoms with van der Waals surface area (Å²) in [5.74, 6) is -1.43. The minimum absolute atomic E-state index is 0.0372. The van der Waals surface area contributed by atoms with E-state index in [0.29, 0.717) is 37.0 Å². The SMILES string of the molecule is CC(=O)O.COc1cccc(C2C(C(=O)c3sc(-c4ccccc4)nc3C)=C(O)C(=O)N2c2nnc(SCc3cccc4ccccc34)s2)c1. The number of ether oxygens (including phenoxy) is 1. The van der Waals surface area contributed by atoms with Crippen molar-refractivity contribution in [3.63, 3.8) is 0 Å². The Morgan fingerprint density at radius 1 is 0.940 bits per heavy atom. The molecule has 2 aromatic heterocycles. The van der Waals surface area contributed by atoms with E-state index in [-0.39, 0.29) is 10.7 Å². The maximum absolute atomic E-state index is 14.3. The first-order chi connectivity index (χ1) is 24.2. The third-order valence-electron chi connectivity index (χ3n) is 7.72. The number of thiazole rings is 1. The van der Waals surface area contributed by atoms with Crippen LogP contribution in [0.4, 0.5) is 5.13 Å². The number of aliphatic carboxylic acids is 1. The summed E-state index contributed by atoms with van der Waals surface area (Å²) in [7, 11) is 1.55. The topological polar surface area (TPSA) is 143 Å². The quantitative estimate of drug-likeness (QED) is 0.0850. The fourth-order valence-electron chi connectivity index (χ4n) is 5.51. The predicted molar refractivity (Wildman–Crippen MR) is 196 cm³/mol. The van der Waals surface area contributed by atoms with Crippen LogP contribution in [0.1, 0.15) is 39.5 Å². The number of rotatable bonds is 9. The standard InChI is InChI=1S/C35H26N4O4S3.C2H4O2/c1-20-31(45-32(36-20)22-11-4-3-5-12-22)29(40)27-28(23-14-9-16-25(18-23)43-2)39(33(42)30(27)41)34-37-38-35(46-34)44-19-24-15-8-13-21-10-6-7-17-26(21)24;1-2(3)4/h3-18,28,41H,19H2,1-2H3;1H3,(H,3,4). The van der Waals surface area contributed by atoms with E-state index in [2.05, 4.69) is 39.4 Å². The van der Waals surface area contributed by atoms with E-state index < -0.39 is 29.5 Å². The number of hydrogen-bond acceptors (Lipinski definition) is 11. The molecular formula is C37H30N4O6S3.